The zero-order chi connectivity index (χ0) is 31.4. The average molecular weight is 595 g/mol. The highest BCUT2D eigenvalue weighted by molar-refractivity contribution is 6.96. The second-order valence-corrected chi connectivity index (χ2v) is 12.8. The quantitative estimate of drug-likeness (QED) is 0.189. The molecule has 222 valence electrons. The molecule has 1 atom stereocenters. The molecular formula is C42H35BN2O. The van der Waals surface area contributed by atoms with Crippen molar-refractivity contribution in [3.8, 4) is 11.1 Å². The zero-order valence-electron chi connectivity index (χ0n) is 26.7. The standard InChI is InChI=1S/C42H35BN2O/c1-26-12-5-8-17-36(26)43(37-18-9-6-13-27(37)2)41-28(3)20-32(21-29(41)4)30-14-11-15-31(22-30)39-23-34-35-24-44-38-19-10-7-16-33(38)42(35)46-40(34)25-45-39/h5-22,24-25,39H,23H2,1-4H3. The van der Waals surface area contributed by atoms with Crippen LogP contribution < -0.4 is 16.4 Å². The highest BCUT2D eigenvalue weighted by atomic mass is 16.3. The third-order valence-corrected chi connectivity index (χ3v) is 9.82. The number of benzene rings is 5. The fourth-order valence-corrected chi connectivity index (χ4v) is 7.49. The zero-order valence-corrected chi connectivity index (χ0v) is 26.7. The van der Waals surface area contributed by atoms with E-state index in [1.54, 1.807) is 0 Å². The minimum absolute atomic E-state index is 0.0210. The second kappa shape index (κ2) is 11.3. The van der Waals surface area contributed by atoms with Gasteiger partial charge in [-0.3, -0.25) is 9.98 Å². The summed E-state index contributed by atoms with van der Waals surface area (Å²) >= 11 is 0. The normalized spacial score (nSPS) is 14.1. The molecule has 1 aliphatic heterocycles. The number of rotatable bonds is 5. The van der Waals surface area contributed by atoms with Crippen LogP contribution in [-0.4, -0.2) is 17.9 Å². The summed E-state index contributed by atoms with van der Waals surface area (Å²) in [6, 6.07) is 39.5. The van der Waals surface area contributed by atoms with E-state index in [0.29, 0.717) is 0 Å². The van der Waals surface area contributed by atoms with E-state index >= 15 is 0 Å². The summed E-state index contributed by atoms with van der Waals surface area (Å²) < 4.78 is 6.33. The van der Waals surface area contributed by atoms with E-state index in [1.807, 2.05) is 30.6 Å². The van der Waals surface area contributed by atoms with Crippen molar-refractivity contribution < 1.29 is 4.42 Å². The Morgan fingerprint density at radius 1 is 0.652 bits per heavy atom. The van der Waals surface area contributed by atoms with Gasteiger partial charge < -0.3 is 4.42 Å². The maximum atomic E-state index is 6.33. The molecule has 46 heavy (non-hydrogen) atoms. The lowest BCUT2D eigenvalue weighted by Gasteiger charge is -2.24. The van der Waals surface area contributed by atoms with Gasteiger partial charge in [0.2, 0.25) is 6.71 Å². The number of nitrogens with zero attached hydrogens (tertiary/aromatic N) is 2. The van der Waals surface area contributed by atoms with Crippen LogP contribution in [0.5, 0.6) is 0 Å². The fraction of sp³-hybridized carbons (Fsp3) is 0.143. The smallest absolute Gasteiger partial charge is 0.242 e. The summed E-state index contributed by atoms with van der Waals surface area (Å²) in [5.74, 6) is 0.847. The van der Waals surface area contributed by atoms with Crippen LogP contribution >= 0.6 is 0 Å². The van der Waals surface area contributed by atoms with Crippen molar-refractivity contribution in [3.05, 3.63) is 155 Å². The Labute approximate surface area is 270 Å². The Bertz CT molecular complexity index is 2250. The van der Waals surface area contributed by atoms with E-state index in [4.69, 9.17) is 14.4 Å². The van der Waals surface area contributed by atoms with Gasteiger partial charge in [-0.25, -0.2) is 0 Å². The van der Waals surface area contributed by atoms with E-state index in [2.05, 4.69) is 119 Å². The Morgan fingerprint density at radius 3 is 2.04 bits per heavy atom. The van der Waals surface area contributed by atoms with Crippen LogP contribution in [0, 0.1) is 27.7 Å². The van der Waals surface area contributed by atoms with Crippen LogP contribution in [0.1, 0.15) is 45.2 Å². The number of aryl methyl sites for hydroxylation is 4. The lowest BCUT2D eigenvalue weighted by atomic mass is 9.34. The Morgan fingerprint density at radius 2 is 1.33 bits per heavy atom. The van der Waals surface area contributed by atoms with Crippen molar-refractivity contribution in [3.63, 3.8) is 0 Å². The van der Waals surface area contributed by atoms with Gasteiger partial charge in [-0.2, -0.15) is 0 Å². The molecule has 0 fully saturated rings. The average Bonchev–Trinajstić information content (AvgIpc) is 3.46. The summed E-state index contributed by atoms with van der Waals surface area (Å²) in [5, 5.41) is 2.13. The first kappa shape index (κ1) is 28.3. The molecule has 5 aromatic carbocycles. The molecule has 0 aliphatic carbocycles. The number of fused-ring (bicyclic) bond motifs is 5. The predicted octanol–water partition coefficient (Wildman–Crippen LogP) is 8.11. The summed E-state index contributed by atoms with van der Waals surface area (Å²) in [6.07, 6.45) is 4.65. The van der Waals surface area contributed by atoms with Crippen molar-refractivity contribution in [2.45, 2.75) is 40.2 Å². The minimum atomic E-state index is 0.0210. The van der Waals surface area contributed by atoms with Crippen molar-refractivity contribution in [1.82, 2.24) is 4.98 Å². The molecule has 0 saturated carbocycles. The third kappa shape index (κ3) is 4.77. The Kier molecular flexibility index (Phi) is 6.94. The summed E-state index contributed by atoms with van der Waals surface area (Å²) in [4.78, 5) is 9.69. The second-order valence-electron chi connectivity index (χ2n) is 12.8. The molecule has 0 saturated heterocycles. The topological polar surface area (TPSA) is 38.4 Å². The van der Waals surface area contributed by atoms with E-state index in [0.717, 1.165) is 34.1 Å². The van der Waals surface area contributed by atoms with Crippen LogP contribution in [0.2, 0.25) is 0 Å². The molecule has 3 nitrogen and oxygen atoms in total. The van der Waals surface area contributed by atoms with Gasteiger partial charge in [-0.15, -0.1) is 0 Å². The predicted molar refractivity (Wildman–Crippen MR) is 194 cm³/mol. The largest absolute Gasteiger partial charge is 0.454 e. The first-order valence-electron chi connectivity index (χ1n) is 16.1. The SMILES string of the molecule is Cc1ccccc1B(c1ccccc1C)c1c(C)cc(-c2cccc(C3Cc4c(oc5c4cnc4ccccc45)C=N3)c2)cc1C. The van der Waals surface area contributed by atoms with Gasteiger partial charge in [-0.1, -0.05) is 130 Å². The summed E-state index contributed by atoms with van der Waals surface area (Å²) in [5.41, 5.74) is 16.1. The van der Waals surface area contributed by atoms with E-state index in [9.17, 15) is 0 Å². The van der Waals surface area contributed by atoms with Gasteiger partial charge in [0, 0.05) is 29.0 Å². The first-order valence-corrected chi connectivity index (χ1v) is 16.1. The van der Waals surface area contributed by atoms with Crippen LogP contribution in [0.3, 0.4) is 0 Å². The van der Waals surface area contributed by atoms with Crippen molar-refractivity contribution in [2.75, 3.05) is 0 Å². The van der Waals surface area contributed by atoms with Crippen LogP contribution in [0.4, 0.5) is 0 Å². The molecular weight excluding hydrogens is 559 g/mol. The first-order chi connectivity index (χ1) is 22.5. The molecule has 4 heteroatoms. The van der Waals surface area contributed by atoms with Crippen LogP contribution in [0.25, 0.3) is 33.0 Å². The summed E-state index contributed by atoms with van der Waals surface area (Å²) in [7, 11) is 0. The highest BCUT2D eigenvalue weighted by Gasteiger charge is 2.28. The number of furan rings is 1. The third-order valence-electron chi connectivity index (χ3n) is 9.82. The Hall–Kier alpha value is -5.22. The molecule has 1 unspecified atom stereocenters. The van der Waals surface area contributed by atoms with Crippen molar-refractivity contribution in [1.29, 1.82) is 0 Å². The van der Waals surface area contributed by atoms with Crippen LogP contribution in [-0.2, 0) is 6.42 Å². The number of hydrogen-bond donors (Lipinski definition) is 0. The molecule has 0 bridgehead atoms. The molecule has 8 rings (SSSR count). The summed E-state index contributed by atoms with van der Waals surface area (Å²) in [6.45, 7) is 9.17. The molecule has 7 aromatic rings. The fourth-order valence-electron chi connectivity index (χ4n) is 7.49. The van der Waals surface area contributed by atoms with E-state index in [-0.39, 0.29) is 12.8 Å². The minimum Gasteiger partial charge on any atom is -0.454 e. The van der Waals surface area contributed by atoms with Gasteiger partial charge in [0.05, 0.1) is 17.8 Å². The van der Waals surface area contributed by atoms with Crippen molar-refractivity contribution >= 4 is 51.2 Å². The van der Waals surface area contributed by atoms with Gasteiger partial charge in [0.15, 0.2) is 0 Å². The number of pyridine rings is 1. The van der Waals surface area contributed by atoms with Gasteiger partial charge >= 0.3 is 0 Å². The van der Waals surface area contributed by atoms with E-state index in [1.165, 1.54) is 60.9 Å². The van der Waals surface area contributed by atoms with Gasteiger partial charge in [0.1, 0.15) is 11.3 Å². The number of para-hydroxylation sites is 1. The highest BCUT2D eigenvalue weighted by Crippen LogP contribution is 2.37. The molecule has 0 radical (unpaired) electrons. The molecule has 3 heterocycles. The number of aromatic nitrogens is 1. The number of hydrogen-bond acceptors (Lipinski definition) is 3. The molecule has 0 spiro atoms. The van der Waals surface area contributed by atoms with Crippen molar-refractivity contribution in [2.24, 2.45) is 4.99 Å². The molecule has 2 aromatic heterocycles. The lowest BCUT2D eigenvalue weighted by molar-refractivity contribution is 0.588. The van der Waals surface area contributed by atoms with Gasteiger partial charge in [0.25, 0.3) is 0 Å². The molecule has 0 amide bonds. The van der Waals surface area contributed by atoms with E-state index < -0.39 is 0 Å². The Balaban J connectivity index is 1.16. The lowest BCUT2D eigenvalue weighted by Crippen LogP contribution is -2.55. The maximum Gasteiger partial charge on any atom is 0.242 e. The molecule has 1 aliphatic rings. The monoisotopic (exact) mass is 594 g/mol. The number of aliphatic imine (C=N–C) groups is 1. The molecule has 0 N–H and O–H groups in total. The van der Waals surface area contributed by atoms with Gasteiger partial charge in [-0.05, 0) is 62.6 Å². The maximum absolute atomic E-state index is 6.33. The van der Waals surface area contributed by atoms with Crippen LogP contribution in [0.15, 0.2) is 125 Å².